The number of halogens is 3. The monoisotopic (exact) mass is 494 g/mol. The third kappa shape index (κ3) is 4.89. The Morgan fingerprint density at radius 1 is 1.11 bits per heavy atom. The van der Waals surface area contributed by atoms with Gasteiger partial charge in [-0.3, -0.25) is 4.79 Å². The number of carbonyl (C=O) groups is 1. The van der Waals surface area contributed by atoms with Gasteiger partial charge in [-0.05, 0) is 56.5 Å². The summed E-state index contributed by atoms with van der Waals surface area (Å²) in [4.78, 5) is 25.9. The molecule has 0 atom stereocenters. The van der Waals surface area contributed by atoms with Crippen molar-refractivity contribution in [3.8, 4) is 11.4 Å². The Bertz CT molecular complexity index is 1410. The Hall–Kier alpha value is -3.95. The molecule has 36 heavy (non-hydrogen) atoms. The number of imidazole rings is 1. The lowest BCUT2D eigenvalue weighted by atomic mass is 10.1. The van der Waals surface area contributed by atoms with Gasteiger partial charge in [0.2, 0.25) is 0 Å². The first-order valence-electron chi connectivity index (χ1n) is 11.7. The Kier molecular flexibility index (Phi) is 6.11. The average molecular weight is 495 g/mol. The average Bonchev–Trinajstić information content (AvgIpc) is 3.57. The van der Waals surface area contributed by atoms with Gasteiger partial charge in [-0.1, -0.05) is 24.3 Å². The van der Waals surface area contributed by atoms with Crippen LogP contribution in [0.1, 0.15) is 54.2 Å². The van der Waals surface area contributed by atoms with Gasteiger partial charge in [-0.25, -0.2) is 15.0 Å². The highest BCUT2D eigenvalue weighted by Gasteiger charge is 2.30. The highest BCUT2D eigenvalue weighted by Crippen LogP contribution is 2.32. The minimum atomic E-state index is -4.41. The van der Waals surface area contributed by atoms with Crippen LogP contribution in [-0.4, -0.2) is 31.5 Å². The summed E-state index contributed by atoms with van der Waals surface area (Å²) in [5, 5.41) is 6.09. The van der Waals surface area contributed by atoms with Crippen LogP contribution in [0.5, 0.6) is 0 Å². The van der Waals surface area contributed by atoms with Crippen molar-refractivity contribution in [1.29, 1.82) is 0 Å². The van der Waals surface area contributed by atoms with Crippen LogP contribution in [0.3, 0.4) is 0 Å². The highest BCUT2D eigenvalue weighted by molar-refractivity contribution is 5.95. The molecule has 0 spiro atoms. The fraction of sp³-hybridized carbons (Fsp3) is 0.308. The summed E-state index contributed by atoms with van der Waals surface area (Å²) in [7, 11) is 0. The van der Waals surface area contributed by atoms with E-state index in [1.807, 2.05) is 30.5 Å². The molecule has 1 aliphatic carbocycles. The van der Waals surface area contributed by atoms with Crippen molar-refractivity contribution in [2.24, 2.45) is 0 Å². The van der Waals surface area contributed by atoms with Crippen LogP contribution < -0.4 is 10.6 Å². The molecule has 0 unspecified atom stereocenters. The standard InChI is InChI=1S/C26H25F3N6O/c1-15(2)35-23(17-6-8-18(9-7-17)25(36)33-20-10-11-20)34-21-22(31-14-32-24(21)35)30-13-16-4-3-5-19(12-16)26(27,28)29/h3-9,12,14-15,20H,10-11,13H2,1-2H3,(H,33,36)(H,30,31,32). The van der Waals surface area contributed by atoms with Gasteiger partial charge in [0, 0.05) is 29.8 Å². The Morgan fingerprint density at radius 3 is 2.53 bits per heavy atom. The number of aromatic nitrogens is 4. The summed E-state index contributed by atoms with van der Waals surface area (Å²) in [6.07, 6.45) is -0.954. The number of benzene rings is 2. The Labute approximate surface area is 205 Å². The molecule has 1 amide bonds. The van der Waals surface area contributed by atoms with E-state index < -0.39 is 11.7 Å². The van der Waals surface area contributed by atoms with Crippen molar-refractivity contribution in [1.82, 2.24) is 24.8 Å². The second-order valence-corrected chi connectivity index (χ2v) is 9.17. The number of amides is 1. The lowest BCUT2D eigenvalue weighted by molar-refractivity contribution is -0.137. The summed E-state index contributed by atoms with van der Waals surface area (Å²) < 4.78 is 41.2. The molecular formula is C26H25F3N6O. The van der Waals surface area contributed by atoms with Crippen molar-refractivity contribution in [2.75, 3.05) is 5.32 Å². The van der Waals surface area contributed by atoms with Gasteiger partial charge in [0.1, 0.15) is 12.2 Å². The van der Waals surface area contributed by atoms with Gasteiger partial charge in [0.25, 0.3) is 5.91 Å². The van der Waals surface area contributed by atoms with E-state index in [2.05, 4.69) is 20.6 Å². The number of carbonyl (C=O) groups excluding carboxylic acids is 1. The van der Waals surface area contributed by atoms with E-state index in [1.165, 1.54) is 12.4 Å². The molecule has 0 bridgehead atoms. The molecule has 2 aromatic heterocycles. The van der Waals surface area contributed by atoms with Crippen LogP contribution in [0.25, 0.3) is 22.6 Å². The van der Waals surface area contributed by atoms with Crippen LogP contribution in [0, 0.1) is 0 Å². The van der Waals surface area contributed by atoms with Crippen LogP contribution >= 0.6 is 0 Å². The van der Waals surface area contributed by atoms with Crippen LogP contribution in [0.2, 0.25) is 0 Å². The molecule has 1 saturated carbocycles. The molecule has 2 heterocycles. The van der Waals surface area contributed by atoms with Crippen LogP contribution in [-0.2, 0) is 12.7 Å². The van der Waals surface area contributed by atoms with Gasteiger partial charge < -0.3 is 15.2 Å². The molecule has 0 saturated heterocycles. The van der Waals surface area contributed by atoms with E-state index in [0.717, 1.165) is 30.5 Å². The number of nitrogens with one attached hydrogen (secondary N) is 2. The molecule has 186 valence electrons. The molecule has 5 rings (SSSR count). The first-order valence-corrected chi connectivity index (χ1v) is 11.7. The topological polar surface area (TPSA) is 84.7 Å². The zero-order valence-corrected chi connectivity index (χ0v) is 19.8. The van der Waals surface area contributed by atoms with Gasteiger partial charge in [-0.2, -0.15) is 13.2 Å². The molecule has 0 radical (unpaired) electrons. The van der Waals surface area contributed by atoms with E-state index in [4.69, 9.17) is 4.98 Å². The maximum Gasteiger partial charge on any atom is 0.416 e. The molecule has 7 nitrogen and oxygen atoms in total. The van der Waals surface area contributed by atoms with Crippen LogP contribution in [0.15, 0.2) is 54.9 Å². The van der Waals surface area contributed by atoms with Gasteiger partial charge in [0.15, 0.2) is 17.0 Å². The lowest BCUT2D eigenvalue weighted by Gasteiger charge is -2.13. The van der Waals surface area contributed by atoms with E-state index >= 15 is 0 Å². The molecule has 0 aliphatic heterocycles. The fourth-order valence-corrected chi connectivity index (χ4v) is 4.04. The van der Waals surface area contributed by atoms with Crippen molar-refractivity contribution in [3.63, 3.8) is 0 Å². The number of anilines is 1. The molecule has 2 aromatic carbocycles. The molecular weight excluding hydrogens is 469 g/mol. The summed E-state index contributed by atoms with van der Waals surface area (Å²) >= 11 is 0. The zero-order chi connectivity index (χ0) is 25.4. The molecule has 1 aliphatic rings. The SMILES string of the molecule is CC(C)n1c(-c2ccc(C(=O)NC3CC3)cc2)nc2c(NCc3cccc(C(F)(F)F)c3)ncnc21. The summed E-state index contributed by atoms with van der Waals surface area (Å²) in [6.45, 7) is 4.17. The minimum absolute atomic E-state index is 0.0223. The first kappa shape index (κ1) is 23.8. The van der Waals surface area contributed by atoms with Crippen molar-refractivity contribution < 1.29 is 18.0 Å². The maximum atomic E-state index is 13.1. The van der Waals surface area contributed by atoms with E-state index in [-0.39, 0.29) is 24.5 Å². The maximum absolute atomic E-state index is 13.1. The van der Waals surface area contributed by atoms with Gasteiger partial charge in [0.05, 0.1) is 5.56 Å². The van der Waals surface area contributed by atoms with Crippen molar-refractivity contribution in [3.05, 3.63) is 71.5 Å². The number of hydrogen-bond donors (Lipinski definition) is 2. The summed E-state index contributed by atoms with van der Waals surface area (Å²) in [5.74, 6) is 1.00. The quantitative estimate of drug-likeness (QED) is 0.350. The second kappa shape index (κ2) is 9.25. The summed E-state index contributed by atoms with van der Waals surface area (Å²) in [6, 6.07) is 12.7. The third-order valence-electron chi connectivity index (χ3n) is 6.03. The second-order valence-electron chi connectivity index (χ2n) is 9.17. The van der Waals surface area contributed by atoms with Crippen LogP contribution in [0.4, 0.5) is 19.0 Å². The Morgan fingerprint density at radius 2 is 1.86 bits per heavy atom. The minimum Gasteiger partial charge on any atom is -0.364 e. The molecule has 2 N–H and O–H groups in total. The van der Waals surface area contributed by atoms with Crippen molar-refractivity contribution in [2.45, 2.75) is 51.5 Å². The fourth-order valence-electron chi connectivity index (χ4n) is 4.04. The summed E-state index contributed by atoms with van der Waals surface area (Å²) in [5.41, 5.74) is 2.30. The van der Waals surface area contributed by atoms with E-state index in [1.54, 1.807) is 18.2 Å². The Balaban J connectivity index is 1.45. The predicted octanol–water partition coefficient (Wildman–Crippen LogP) is 5.60. The number of rotatable bonds is 7. The lowest BCUT2D eigenvalue weighted by Crippen LogP contribution is -2.25. The van der Waals surface area contributed by atoms with Crippen molar-refractivity contribution >= 4 is 22.9 Å². The van der Waals surface area contributed by atoms with Gasteiger partial charge in [-0.15, -0.1) is 0 Å². The van der Waals surface area contributed by atoms with E-state index in [0.29, 0.717) is 33.9 Å². The largest absolute Gasteiger partial charge is 0.416 e. The molecule has 10 heteroatoms. The van der Waals surface area contributed by atoms with Gasteiger partial charge >= 0.3 is 6.18 Å². The smallest absolute Gasteiger partial charge is 0.364 e. The number of fused-ring (bicyclic) bond motifs is 1. The zero-order valence-electron chi connectivity index (χ0n) is 19.8. The number of nitrogens with zero attached hydrogens (tertiary/aromatic N) is 4. The molecule has 4 aromatic rings. The highest BCUT2D eigenvalue weighted by atomic mass is 19.4. The number of hydrogen-bond acceptors (Lipinski definition) is 5. The normalized spacial score (nSPS) is 13.8. The number of alkyl halides is 3. The van der Waals surface area contributed by atoms with E-state index in [9.17, 15) is 18.0 Å². The predicted molar refractivity (Wildman–Crippen MR) is 130 cm³/mol. The first-order chi connectivity index (χ1) is 17.2. The third-order valence-corrected chi connectivity index (χ3v) is 6.03. The molecule has 1 fully saturated rings.